The van der Waals surface area contributed by atoms with Crippen molar-refractivity contribution in [1.82, 2.24) is 4.98 Å². The average molecular weight is 534 g/mol. The van der Waals surface area contributed by atoms with Gasteiger partial charge in [-0.15, -0.1) is 0 Å². The number of aromatic amines is 1. The van der Waals surface area contributed by atoms with E-state index in [1.807, 2.05) is 0 Å². The summed E-state index contributed by atoms with van der Waals surface area (Å²) in [7, 11) is 0. The van der Waals surface area contributed by atoms with Crippen molar-refractivity contribution < 1.29 is 4.42 Å². The monoisotopic (exact) mass is 533 g/mol. The molecule has 8 aromatic carbocycles. The van der Waals surface area contributed by atoms with Gasteiger partial charge < -0.3 is 9.40 Å². The number of rotatable bonds is 2. The van der Waals surface area contributed by atoms with Crippen LogP contribution in [0.3, 0.4) is 0 Å². The Labute approximate surface area is 240 Å². The molecule has 1 N–H and O–H groups in total. The number of aromatic nitrogens is 1. The first-order valence-corrected chi connectivity index (χ1v) is 14.4. The number of H-pyrrole nitrogens is 1. The molecule has 0 saturated carbocycles. The van der Waals surface area contributed by atoms with Crippen molar-refractivity contribution in [3.63, 3.8) is 0 Å². The molecule has 2 aromatic heterocycles. The highest BCUT2D eigenvalue weighted by Gasteiger charge is 2.24. The lowest BCUT2D eigenvalue weighted by Gasteiger charge is -2.19. The predicted molar refractivity (Wildman–Crippen MR) is 178 cm³/mol. The van der Waals surface area contributed by atoms with Crippen LogP contribution in [0.1, 0.15) is 0 Å². The number of fused-ring (bicyclic) bond motifs is 6. The van der Waals surface area contributed by atoms with Gasteiger partial charge >= 0.3 is 0 Å². The molecule has 0 aliphatic heterocycles. The van der Waals surface area contributed by atoms with E-state index in [1.165, 1.54) is 76.1 Å². The summed E-state index contributed by atoms with van der Waals surface area (Å²) in [5.41, 5.74) is 9.07. The molecule has 0 saturated heterocycles. The van der Waals surface area contributed by atoms with Gasteiger partial charge in [-0.05, 0) is 78.8 Å². The van der Waals surface area contributed by atoms with Gasteiger partial charge in [0.05, 0.1) is 5.52 Å². The second-order valence-electron chi connectivity index (χ2n) is 11.3. The molecule has 0 atom stereocenters. The molecule has 0 amide bonds. The summed E-state index contributed by atoms with van der Waals surface area (Å²) in [6, 6.07) is 48.3. The summed E-state index contributed by atoms with van der Waals surface area (Å²) in [4.78, 5) is 3.68. The fourth-order valence-corrected chi connectivity index (χ4v) is 7.42. The quantitative estimate of drug-likeness (QED) is 0.174. The Hall–Kier alpha value is -5.60. The molecule has 0 bridgehead atoms. The zero-order chi connectivity index (χ0) is 27.4. The van der Waals surface area contributed by atoms with Crippen LogP contribution in [0.15, 0.2) is 138 Å². The van der Waals surface area contributed by atoms with Crippen LogP contribution in [-0.2, 0) is 0 Å². The third kappa shape index (κ3) is 2.78. The van der Waals surface area contributed by atoms with E-state index in [1.54, 1.807) is 0 Å². The lowest BCUT2D eigenvalue weighted by atomic mass is 9.83. The minimum absolute atomic E-state index is 0.930. The van der Waals surface area contributed by atoms with Gasteiger partial charge in [0.1, 0.15) is 5.58 Å². The normalized spacial score (nSPS) is 12.3. The molecular formula is C40H23NO. The van der Waals surface area contributed by atoms with Gasteiger partial charge in [-0.2, -0.15) is 0 Å². The lowest BCUT2D eigenvalue weighted by Crippen LogP contribution is -1.92. The van der Waals surface area contributed by atoms with Crippen LogP contribution in [0.5, 0.6) is 0 Å². The Kier molecular flexibility index (Phi) is 4.21. The number of nitrogens with one attached hydrogen (secondary N) is 1. The highest BCUT2D eigenvalue weighted by molar-refractivity contribution is 6.34. The molecule has 42 heavy (non-hydrogen) atoms. The first kappa shape index (κ1) is 22.1. The SMILES string of the molecule is c1ccc(-c2c3ccccc3c(-c3cc4cccc5oc6c7[nH]c8ccccc8c7cc3c6c45)c3ccccc23)cc1. The zero-order valence-electron chi connectivity index (χ0n) is 22.6. The van der Waals surface area contributed by atoms with Crippen LogP contribution >= 0.6 is 0 Å². The van der Waals surface area contributed by atoms with E-state index in [0.29, 0.717) is 0 Å². The van der Waals surface area contributed by atoms with Crippen LogP contribution in [0.4, 0.5) is 0 Å². The van der Waals surface area contributed by atoms with Gasteiger partial charge in [-0.1, -0.05) is 109 Å². The van der Waals surface area contributed by atoms with Crippen LogP contribution in [-0.4, -0.2) is 4.98 Å². The van der Waals surface area contributed by atoms with Gasteiger partial charge in [-0.25, -0.2) is 0 Å². The molecule has 2 heterocycles. The summed E-state index contributed by atoms with van der Waals surface area (Å²) < 4.78 is 6.67. The Morgan fingerprint density at radius 2 is 1.10 bits per heavy atom. The maximum Gasteiger partial charge on any atom is 0.160 e. The molecule has 0 aliphatic rings. The molecule has 0 spiro atoms. The summed E-state index contributed by atoms with van der Waals surface area (Å²) in [5, 5.41) is 12.3. The predicted octanol–water partition coefficient (Wildman–Crippen LogP) is 11.5. The molecule has 0 radical (unpaired) electrons. The number of benzene rings is 8. The van der Waals surface area contributed by atoms with Gasteiger partial charge in [0, 0.05) is 27.1 Å². The Balaban J connectivity index is 1.46. The maximum absolute atomic E-state index is 6.67. The minimum atomic E-state index is 0.930. The molecule has 0 unspecified atom stereocenters. The smallest absolute Gasteiger partial charge is 0.160 e. The van der Waals surface area contributed by atoms with Gasteiger partial charge in [0.2, 0.25) is 0 Å². The minimum Gasteiger partial charge on any atom is -0.454 e. The molecule has 0 fully saturated rings. The summed E-state index contributed by atoms with van der Waals surface area (Å²) in [5.74, 6) is 0. The number of hydrogen-bond acceptors (Lipinski definition) is 1. The van der Waals surface area contributed by atoms with Crippen LogP contribution in [0.25, 0.3) is 98.3 Å². The van der Waals surface area contributed by atoms with E-state index in [2.05, 4.69) is 138 Å². The standard InChI is InChI=1S/C40H23NO/c1-2-11-23(12-3-1)35-26-15-4-6-17-28(26)37(29-18-7-5-16-27(29)35)30-21-24-13-10-20-34-36(24)38-31(30)22-32-25-14-8-9-19-33(25)41-39(32)40(38)42-34/h1-22,41H. The van der Waals surface area contributed by atoms with Crippen molar-refractivity contribution in [2.45, 2.75) is 0 Å². The molecule has 0 aliphatic carbocycles. The van der Waals surface area contributed by atoms with E-state index in [4.69, 9.17) is 4.42 Å². The number of para-hydroxylation sites is 1. The Morgan fingerprint density at radius 1 is 0.452 bits per heavy atom. The van der Waals surface area contributed by atoms with Gasteiger partial charge in [0.15, 0.2) is 5.58 Å². The summed E-state index contributed by atoms with van der Waals surface area (Å²) in [6.45, 7) is 0. The van der Waals surface area contributed by atoms with Crippen molar-refractivity contribution in [3.05, 3.63) is 133 Å². The van der Waals surface area contributed by atoms with Crippen molar-refractivity contribution in [2.24, 2.45) is 0 Å². The van der Waals surface area contributed by atoms with E-state index >= 15 is 0 Å². The third-order valence-electron chi connectivity index (χ3n) is 9.13. The Bertz CT molecular complexity index is 2620. The van der Waals surface area contributed by atoms with Crippen molar-refractivity contribution in [3.8, 4) is 22.3 Å². The van der Waals surface area contributed by atoms with Crippen molar-refractivity contribution >= 4 is 76.1 Å². The second-order valence-corrected chi connectivity index (χ2v) is 11.3. The molecule has 10 aromatic rings. The van der Waals surface area contributed by atoms with E-state index in [0.717, 1.165) is 22.2 Å². The molecule has 194 valence electrons. The molecule has 2 nitrogen and oxygen atoms in total. The van der Waals surface area contributed by atoms with Gasteiger partial charge in [-0.3, -0.25) is 0 Å². The van der Waals surface area contributed by atoms with E-state index in [9.17, 15) is 0 Å². The topological polar surface area (TPSA) is 28.9 Å². The molecule has 2 heteroatoms. The Morgan fingerprint density at radius 3 is 1.83 bits per heavy atom. The van der Waals surface area contributed by atoms with Crippen LogP contribution in [0, 0.1) is 0 Å². The highest BCUT2D eigenvalue weighted by Crippen LogP contribution is 2.50. The number of hydrogen-bond donors (Lipinski definition) is 1. The van der Waals surface area contributed by atoms with Crippen molar-refractivity contribution in [1.29, 1.82) is 0 Å². The maximum atomic E-state index is 6.67. The summed E-state index contributed by atoms with van der Waals surface area (Å²) in [6.07, 6.45) is 0. The highest BCUT2D eigenvalue weighted by atomic mass is 16.3. The first-order chi connectivity index (χ1) is 20.8. The fourth-order valence-electron chi connectivity index (χ4n) is 7.42. The first-order valence-electron chi connectivity index (χ1n) is 14.4. The van der Waals surface area contributed by atoms with Crippen LogP contribution < -0.4 is 0 Å². The van der Waals surface area contributed by atoms with E-state index in [-0.39, 0.29) is 0 Å². The summed E-state index contributed by atoms with van der Waals surface area (Å²) >= 11 is 0. The fraction of sp³-hybridized carbons (Fsp3) is 0. The van der Waals surface area contributed by atoms with E-state index < -0.39 is 0 Å². The molecule has 10 rings (SSSR count). The largest absolute Gasteiger partial charge is 0.454 e. The van der Waals surface area contributed by atoms with Crippen LogP contribution in [0.2, 0.25) is 0 Å². The van der Waals surface area contributed by atoms with Crippen molar-refractivity contribution in [2.75, 3.05) is 0 Å². The third-order valence-corrected chi connectivity index (χ3v) is 9.13. The lowest BCUT2D eigenvalue weighted by molar-refractivity contribution is 0.672. The zero-order valence-corrected chi connectivity index (χ0v) is 22.6. The molecular weight excluding hydrogens is 510 g/mol. The second kappa shape index (κ2) is 7.99. The van der Waals surface area contributed by atoms with Gasteiger partial charge in [0.25, 0.3) is 0 Å². The number of furan rings is 1. The average Bonchev–Trinajstić information content (AvgIpc) is 3.62.